The Balaban J connectivity index is 1.43. The Morgan fingerprint density at radius 1 is 1.04 bits per heavy atom. The normalized spacial score (nSPS) is 15.9. The van der Waals surface area contributed by atoms with Gasteiger partial charge in [0.25, 0.3) is 5.91 Å². The van der Waals surface area contributed by atoms with Crippen molar-refractivity contribution < 1.29 is 14.3 Å². The molecule has 4 nitrogen and oxygen atoms in total. The minimum Gasteiger partial charge on any atom is -0.456 e. The molecule has 0 saturated heterocycles. The molecule has 1 aliphatic carbocycles. The maximum Gasteiger partial charge on any atom is 0.306 e. The summed E-state index contributed by atoms with van der Waals surface area (Å²) in [6.07, 6.45) is 3.93. The van der Waals surface area contributed by atoms with Crippen LogP contribution in [0.3, 0.4) is 0 Å². The molecule has 130 valence electrons. The van der Waals surface area contributed by atoms with Gasteiger partial charge < -0.3 is 10.1 Å². The van der Waals surface area contributed by atoms with Gasteiger partial charge in [0.05, 0.1) is 6.04 Å². The molecule has 3 rings (SSSR count). The van der Waals surface area contributed by atoms with Gasteiger partial charge in [0.1, 0.15) is 0 Å². The topological polar surface area (TPSA) is 55.4 Å². The molecule has 1 N–H and O–H groups in total. The Morgan fingerprint density at radius 2 is 1.80 bits per heavy atom. The molecule has 25 heavy (non-hydrogen) atoms. The van der Waals surface area contributed by atoms with Crippen LogP contribution in [0.15, 0.2) is 54.6 Å². The number of amides is 1. The standard InChI is InChI=1S/C21H23NO3/c23-20(15-25-21(24)14-13-16-7-2-1-3-8-16)22-19-12-6-10-17-9-4-5-11-18(17)19/h1-5,7-9,11,19H,6,10,12-15H2,(H,22,23). The van der Waals surface area contributed by atoms with Gasteiger partial charge in [0.15, 0.2) is 6.61 Å². The molecular formula is C21H23NO3. The monoisotopic (exact) mass is 337 g/mol. The first kappa shape index (κ1) is 17.2. The highest BCUT2D eigenvalue weighted by Crippen LogP contribution is 2.29. The number of fused-ring (bicyclic) bond motifs is 1. The molecule has 1 amide bonds. The number of benzene rings is 2. The number of hydrogen-bond donors (Lipinski definition) is 1. The minimum absolute atomic E-state index is 0.0143. The summed E-state index contributed by atoms with van der Waals surface area (Å²) >= 11 is 0. The van der Waals surface area contributed by atoms with E-state index < -0.39 is 0 Å². The molecule has 1 aliphatic rings. The lowest BCUT2D eigenvalue weighted by Crippen LogP contribution is -2.34. The number of esters is 1. The molecule has 2 aromatic rings. The predicted octanol–water partition coefficient (Wildman–Crippen LogP) is 3.36. The third kappa shape index (κ3) is 4.92. The highest BCUT2D eigenvalue weighted by molar-refractivity contribution is 5.81. The molecule has 0 aromatic heterocycles. The summed E-state index contributed by atoms with van der Waals surface area (Å²) in [6, 6.07) is 18.0. The lowest BCUT2D eigenvalue weighted by Gasteiger charge is -2.26. The molecule has 0 spiro atoms. The number of ether oxygens (including phenoxy) is 1. The molecular weight excluding hydrogens is 314 g/mol. The number of aryl methyl sites for hydroxylation is 2. The number of nitrogens with one attached hydrogen (secondary N) is 1. The first-order valence-corrected chi connectivity index (χ1v) is 8.79. The summed E-state index contributed by atoms with van der Waals surface area (Å²) in [6.45, 7) is -0.216. The Labute approximate surface area is 148 Å². The van der Waals surface area contributed by atoms with Gasteiger partial charge >= 0.3 is 5.97 Å². The third-order valence-electron chi connectivity index (χ3n) is 4.53. The van der Waals surface area contributed by atoms with Crippen LogP contribution < -0.4 is 5.32 Å². The lowest BCUT2D eigenvalue weighted by atomic mass is 9.88. The van der Waals surface area contributed by atoms with Crippen molar-refractivity contribution >= 4 is 11.9 Å². The van der Waals surface area contributed by atoms with E-state index in [4.69, 9.17) is 4.74 Å². The molecule has 0 saturated carbocycles. The molecule has 1 unspecified atom stereocenters. The van der Waals surface area contributed by atoms with Gasteiger partial charge in [-0.15, -0.1) is 0 Å². The maximum absolute atomic E-state index is 12.1. The second-order valence-electron chi connectivity index (χ2n) is 6.36. The Hall–Kier alpha value is -2.62. The molecule has 0 bridgehead atoms. The van der Waals surface area contributed by atoms with E-state index in [0.29, 0.717) is 6.42 Å². The van der Waals surface area contributed by atoms with E-state index in [2.05, 4.69) is 17.4 Å². The fraction of sp³-hybridized carbons (Fsp3) is 0.333. The van der Waals surface area contributed by atoms with Gasteiger partial charge in [-0.25, -0.2) is 0 Å². The summed E-state index contributed by atoms with van der Waals surface area (Å²) in [5, 5.41) is 2.99. The number of rotatable bonds is 6. The van der Waals surface area contributed by atoms with Crippen molar-refractivity contribution in [1.82, 2.24) is 5.32 Å². The summed E-state index contributed by atoms with van der Waals surface area (Å²) < 4.78 is 5.10. The second-order valence-corrected chi connectivity index (χ2v) is 6.36. The van der Waals surface area contributed by atoms with Crippen molar-refractivity contribution in [3.8, 4) is 0 Å². The molecule has 2 aromatic carbocycles. The summed E-state index contributed by atoms with van der Waals surface area (Å²) in [5.41, 5.74) is 3.55. The van der Waals surface area contributed by atoms with Crippen LogP contribution in [0, 0.1) is 0 Å². The van der Waals surface area contributed by atoms with E-state index in [-0.39, 0.29) is 30.9 Å². The van der Waals surface area contributed by atoms with Gasteiger partial charge in [-0.3, -0.25) is 9.59 Å². The van der Waals surface area contributed by atoms with Crippen molar-refractivity contribution in [1.29, 1.82) is 0 Å². The van der Waals surface area contributed by atoms with E-state index in [0.717, 1.165) is 24.8 Å². The van der Waals surface area contributed by atoms with Crippen molar-refractivity contribution in [2.24, 2.45) is 0 Å². The zero-order valence-corrected chi connectivity index (χ0v) is 14.2. The molecule has 1 atom stereocenters. The van der Waals surface area contributed by atoms with Crippen LogP contribution in [0.5, 0.6) is 0 Å². The second kappa shape index (κ2) is 8.47. The first-order valence-electron chi connectivity index (χ1n) is 8.79. The van der Waals surface area contributed by atoms with Crippen molar-refractivity contribution in [2.75, 3.05) is 6.61 Å². The van der Waals surface area contributed by atoms with Crippen LogP contribution >= 0.6 is 0 Å². The molecule has 0 aliphatic heterocycles. The van der Waals surface area contributed by atoms with Crippen LogP contribution in [-0.4, -0.2) is 18.5 Å². The Morgan fingerprint density at radius 3 is 2.64 bits per heavy atom. The Kier molecular flexibility index (Phi) is 5.83. The van der Waals surface area contributed by atoms with Crippen LogP contribution in [0.2, 0.25) is 0 Å². The van der Waals surface area contributed by atoms with Crippen LogP contribution in [0.25, 0.3) is 0 Å². The van der Waals surface area contributed by atoms with Crippen LogP contribution in [0.4, 0.5) is 0 Å². The highest BCUT2D eigenvalue weighted by Gasteiger charge is 2.21. The zero-order valence-electron chi connectivity index (χ0n) is 14.2. The largest absolute Gasteiger partial charge is 0.456 e. The summed E-state index contributed by atoms with van der Waals surface area (Å²) in [7, 11) is 0. The van der Waals surface area contributed by atoms with E-state index >= 15 is 0 Å². The Bertz CT molecular complexity index is 727. The highest BCUT2D eigenvalue weighted by atomic mass is 16.5. The van der Waals surface area contributed by atoms with Crippen molar-refractivity contribution in [3.63, 3.8) is 0 Å². The SMILES string of the molecule is O=C(COC(=O)CCc1ccccc1)NC1CCCc2ccccc21. The van der Waals surface area contributed by atoms with Gasteiger partial charge in [-0.1, -0.05) is 54.6 Å². The third-order valence-corrected chi connectivity index (χ3v) is 4.53. The summed E-state index contributed by atoms with van der Waals surface area (Å²) in [4.78, 5) is 23.9. The average Bonchev–Trinajstić information content (AvgIpc) is 2.66. The van der Waals surface area contributed by atoms with Gasteiger partial charge in [-0.05, 0) is 42.4 Å². The number of hydrogen-bond acceptors (Lipinski definition) is 3. The predicted molar refractivity (Wildman–Crippen MR) is 96.0 cm³/mol. The first-order chi connectivity index (χ1) is 12.2. The molecule has 4 heteroatoms. The van der Waals surface area contributed by atoms with Gasteiger partial charge in [0, 0.05) is 6.42 Å². The van der Waals surface area contributed by atoms with Crippen molar-refractivity contribution in [2.45, 2.75) is 38.1 Å². The molecule has 0 heterocycles. The van der Waals surface area contributed by atoms with Crippen LogP contribution in [0.1, 0.15) is 42.0 Å². The average molecular weight is 337 g/mol. The maximum atomic E-state index is 12.1. The number of carbonyl (C=O) groups excluding carboxylic acids is 2. The smallest absolute Gasteiger partial charge is 0.306 e. The minimum atomic E-state index is -0.344. The molecule has 0 radical (unpaired) electrons. The number of carbonyl (C=O) groups is 2. The molecule has 0 fully saturated rings. The van der Waals surface area contributed by atoms with E-state index in [1.807, 2.05) is 42.5 Å². The van der Waals surface area contributed by atoms with Gasteiger partial charge in [0.2, 0.25) is 0 Å². The van der Waals surface area contributed by atoms with E-state index in [9.17, 15) is 9.59 Å². The fourth-order valence-electron chi connectivity index (χ4n) is 3.25. The quantitative estimate of drug-likeness (QED) is 0.823. The fourth-order valence-corrected chi connectivity index (χ4v) is 3.25. The van der Waals surface area contributed by atoms with Crippen molar-refractivity contribution in [3.05, 3.63) is 71.3 Å². The van der Waals surface area contributed by atoms with Gasteiger partial charge in [-0.2, -0.15) is 0 Å². The summed E-state index contributed by atoms with van der Waals surface area (Å²) in [5.74, 6) is -0.585. The lowest BCUT2D eigenvalue weighted by molar-refractivity contribution is -0.148. The van der Waals surface area contributed by atoms with Crippen LogP contribution in [-0.2, 0) is 27.2 Å². The van der Waals surface area contributed by atoms with E-state index in [1.165, 1.54) is 11.1 Å². The van der Waals surface area contributed by atoms with E-state index in [1.54, 1.807) is 0 Å². The zero-order chi connectivity index (χ0) is 17.5.